The number of rotatable bonds is 17. The van der Waals surface area contributed by atoms with E-state index in [1.54, 1.807) is 0 Å². The quantitative estimate of drug-likeness (QED) is 0.249. The molecule has 134 valence electrons. The highest BCUT2D eigenvalue weighted by atomic mass is 15.0. The molecule has 0 aliphatic heterocycles. The van der Waals surface area contributed by atoms with Gasteiger partial charge in [-0.25, -0.2) is 0 Å². The smallest absolute Gasteiger partial charge is 0.0814 e. The lowest BCUT2D eigenvalue weighted by Gasteiger charge is -2.08. The van der Waals surface area contributed by atoms with E-state index in [0.29, 0.717) is 0 Å². The molecule has 0 amide bonds. The van der Waals surface area contributed by atoms with Crippen LogP contribution in [0.4, 0.5) is 0 Å². The molecule has 22 heavy (non-hydrogen) atoms. The topological polar surface area (TPSA) is 3.24 Å². The predicted molar refractivity (Wildman–Crippen MR) is 108 cm³/mol. The van der Waals surface area contributed by atoms with Gasteiger partial charge in [0.05, 0.1) is 8.41 Å². The normalized spacial score (nSPS) is 10.9. The second-order valence-electron chi connectivity index (χ2n) is 7.11. The van der Waals surface area contributed by atoms with Crippen LogP contribution in [-0.4, -0.2) is 34.0 Å². The average Bonchev–Trinajstić information content (AvgIpc) is 2.46. The molecule has 0 radical (unpaired) electrons. The van der Waals surface area contributed by atoms with Crippen LogP contribution in [0.3, 0.4) is 0 Å². The highest BCUT2D eigenvalue weighted by Gasteiger charge is 1.95. The lowest BCUT2D eigenvalue weighted by molar-refractivity contribution is 0.389. The van der Waals surface area contributed by atoms with E-state index < -0.39 is 0 Å². The molecule has 0 aromatic carbocycles. The molecule has 0 atom stereocenters. The van der Waals surface area contributed by atoms with Crippen molar-refractivity contribution in [1.82, 2.24) is 4.90 Å². The molecule has 0 fully saturated rings. The summed E-state index contributed by atoms with van der Waals surface area (Å²) in [4.78, 5) is 2.30. The van der Waals surface area contributed by atoms with Crippen LogP contribution in [-0.2, 0) is 0 Å². The Bertz CT molecular complexity index is 183. The van der Waals surface area contributed by atoms with Crippen molar-refractivity contribution in [3.05, 3.63) is 0 Å². The van der Waals surface area contributed by atoms with Crippen molar-refractivity contribution < 1.29 is 0 Å². The minimum Gasteiger partial charge on any atom is -0.309 e. The predicted octanol–water partition coefficient (Wildman–Crippen LogP) is 5.63. The summed E-state index contributed by atoms with van der Waals surface area (Å²) in [5.74, 6) is 0. The molecule has 0 saturated heterocycles. The first-order chi connectivity index (χ1) is 10.3. The molecule has 0 unspecified atom stereocenters. The molecule has 0 N–H and O–H groups in total. The van der Waals surface area contributed by atoms with E-state index in [9.17, 15) is 0 Å². The van der Waals surface area contributed by atoms with Gasteiger partial charge in [-0.15, -0.1) is 0 Å². The molecule has 0 aliphatic rings. The molecule has 0 rings (SSSR count). The number of unbranched alkanes of at least 4 members (excludes halogenated alkanes) is 15. The third-order valence-electron chi connectivity index (χ3n) is 4.46. The van der Waals surface area contributed by atoms with Crippen LogP contribution in [0.2, 0.25) is 0 Å². The van der Waals surface area contributed by atoms with Gasteiger partial charge in [-0.05, 0) is 27.1 Å². The first-order valence-corrected chi connectivity index (χ1v) is 9.92. The Kier molecular flexibility index (Phi) is 23.2. The van der Waals surface area contributed by atoms with Crippen LogP contribution in [0.5, 0.6) is 0 Å². The number of hydrogen-bond acceptors (Lipinski definition) is 1. The first-order valence-electron chi connectivity index (χ1n) is 9.92. The van der Waals surface area contributed by atoms with Gasteiger partial charge >= 0.3 is 0 Å². The summed E-state index contributed by atoms with van der Waals surface area (Å²) in [5, 5.41) is 0. The van der Waals surface area contributed by atoms with Crippen LogP contribution in [0, 0.1) is 0 Å². The van der Waals surface area contributed by atoms with E-state index >= 15 is 0 Å². The molecule has 0 spiro atoms. The van der Waals surface area contributed by atoms with Crippen LogP contribution in [0.25, 0.3) is 0 Å². The van der Waals surface area contributed by atoms with Gasteiger partial charge < -0.3 is 4.90 Å². The lowest BCUT2D eigenvalue weighted by Crippen LogP contribution is -2.12. The Morgan fingerprint density at radius 3 is 1.00 bits per heavy atom. The summed E-state index contributed by atoms with van der Waals surface area (Å²) < 4.78 is 0. The maximum absolute atomic E-state index is 2.30. The Hall–Kier alpha value is 0.0249. The fourth-order valence-corrected chi connectivity index (χ4v) is 2.98. The third-order valence-corrected chi connectivity index (χ3v) is 4.46. The van der Waals surface area contributed by atoms with Crippen molar-refractivity contribution in [3.63, 3.8) is 0 Å². The molecule has 0 bridgehead atoms. The van der Waals surface area contributed by atoms with Crippen molar-refractivity contribution in [3.8, 4) is 0 Å². The number of nitrogens with zero attached hydrogens (tertiary/aromatic N) is 1. The van der Waals surface area contributed by atoms with Crippen LogP contribution in [0.15, 0.2) is 0 Å². The lowest BCUT2D eigenvalue weighted by atomic mass is 10.0. The molecular weight excluding hydrogens is 265 g/mol. The van der Waals surface area contributed by atoms with Gasteiger partial charge in [-0.2, -0.15) is 0 Å². The van der Waals surface area contributed by atoms with Crippen LogP contribution >= 0.6 is 0 Å². The number of hydrogen-bond donors (Lipinski definition) is 0. The van der Waals surface area contributed by atoms with E-state index in [0.717, 1.165) is 0 Å². The van der Waals surface area contributed by atoms with Gasteiger partial charge in [0.25, 0.3) is 0 Å². The standard InChI is InChI=1S/C20H43N.BH3/c1-4-5-6-7-8-9-10-11-12-13-14-15-16-17-18-19-20-21(2)3;/h4-20H2,1-3H3;1H3. The van der Waals surface area contributed by atoms with Crippen molar-refractivity contribution in [2.45, 2.75) is 110 Å². The van der Waals surface area contributed by atoms with E-state index in [4.69, 9.17) is 0 Å². The Balaban J connectivity index is 0. The van der Waals surface area contributed by atoms with Crippen molar-refractivity contribution >= 4 is 8.41 Å². The zero-order chi connectivity index (χ0) is 15.6. The van der Waals surface area contributed by atoms with Crippen molar-refractivity contribution in [2.75, 3.05) is 20.6 Å². The van der Waals surface area contributed by atoms with Gasteiger partial charge in [-0.1, -0.05) is 103 Å². The summed E-state index contributed by atoms with van der Waals surface area (Å²) in [6.45, 7) is 3.56. The average molecular weight is 311 g/mol. The minimum absolute atomic E-state index is 0. The van der Waals surface area contributed by atoms with Crippen molar-refractivity contribution in [2.24, 2.45) is 0 Å². The monoisotopic (exact) mass is 311 g/mol. The summed E-state index contributed by atoms with van der Waals surface area (Å²) in [7, 11) is 4.34. The zero-order valence-electron chi connectivity index (χ0n) is 15.5. The molecular formula is C20H46BN. The molecule has 1 nitrogen and oxygen atoms in total. The van der Waals surface area contributed by atoms with E-state index in [1.165, 1.54) is 109 Å². The minimum atomic E-state index is 0. The largest absolute Gasteiger partial charge is 0.309 e. The fraction of sp³-hybridized carbons (Fsp3) is 1.00. The summed E-state index contributed by atoms with van der Waals surface area (Å²) in [6.07, 6.45) is 23.3. The fourth-order valence-electron chi connectivity index (χ4n) is 2.98. The highest BCUT2D eigenvalue weighted by Crippen LogP contribution is 2.13. The summed E-state index contributed by atoms with van der Waals surface area (Å²) >= 11 is 0. The molecule has 0 aliphatic carbocycles. The van der Waals surface area contributed by atoms with E-state index in [2.05, 4.69) is 25.9 Å². The zero-order valence-corrected chi connectivity index (χ0v) is 15.5. The van der Waals surface area contributed by atoms with Crippen molar-refractivity contribution in [1.29, 1.82) is 0 Å². The maximum atomic E-state index is 2.30. The third kappa shape index (κ3) is 22.3. The Morgan fingerprint density at radius 2 is 0.727 bits per heavy atom. The Morgan fingerprint density at radius 1 is 0.455 bits per heavy atom. The second kappa shape index (κ2) is 21.0. The summed E-state index contributed by atoms with van der Waals surface area (Å²) in [5.41, 5.74) is 0. The second-order valence-corrected chi connectivity index (χ2v) is 7.11. The van der Waals surface area contributed by atoms with Gasteiger partial charge in [0.15, 0.2) is 0 Å². The van der Waals surface area contributed by atoms with E-state index in [1.807, 2.05) is 0 Å². The molecule has 0 saturated carbocycles. The van der Waals surface area contributed by atoms with Crippen LogP contribution in [0.1, 0.15) is 110 Å². The maximum Gasteiger partial charge on any atom is 0.0814 e. The highest BCUT2D eigenvalue weighted by molar-refractivity contribution is 5.75. The molecule has 2 heteroatoms. The van der Waals surface area contributed by atoms with Gasteiger partial charge in [0.2, 0.25) is 0 Å². The molecule has 0 heterocycles. The first kappa shape index (κ1) is 24.3. The summed E-state index contributed by atoms with van der Waals surface area (Å²) in [6, 6.07) is 0. The SMILES string of the molecule is B.CCCCCCCCCCCCCCCCCCN(C)C. The van der Waals surface area contributed by atoms with Gasteiger partial charge in [0, 0.05) is 0 Å². The van der Waals surface area contributed by atoms with Gasteiger partial charge in [-0.3, -0.25) is 0 Å². The molecule has 0 aromatic rings. The van der Waals surface area contributed by atoms with Gasteiger partial charge in [0.1, 0.15) is 0 Å². The van der Waals surface area contributed by atoms with Crippen LogP contribution < -0.4 is 0 Å². The molecule has 0 aromatic heterocycles. The van der Waals surface area contributed by atoms with E-state index in [-0.39, 0.29) is 8.41 Å². The Labute approximate surface area is 144 Å².